The molecule has 0 bridgehead atoms. The number of benzene rings is 1. The van der Waals surface area contributed by atoms with Crippen molar-refractivity contribution in [2.24, 2.45) is 4.99 Å². The Morgan fingerprint density at radius 1 is 1.36 bits per heavy atom. The Kier molecular flexibility index (Phi) is 4.79. The molecule has 25 heavy (non-hydrogen) atoms. The first-order valence-corrected chi connectivity index (χ1v) is 9.36. The van der Waals surface area contributed by atoms with E-state index in [2.05, 4.69) is 30.2 Å². The van der Waals surface area contributed by atoms with Gasteiger partial charge in [-0.2, -0.15) is 10.1 Å². The number of hydrogen-bond acceptors (Lipinski definition) is 6. The van der Waals surface area contributed by atoms with Crippen LogP contribution in [0.3, 0.4) is 0 Å². The summed E-state index contributed by atoms with van der Waals surface area (Å²) in [5.41, 5.74) is 0.469. The molecular formula is C15H18N6O3S. The number of anilines is 1. The second kappa shape index (κ2) is 7.01. The minimum atomic E-state index is -3.64. The van der Waals surface area contributed by atoms with Crippen LogP contribution in [0, 0.1) is 0 Å². The molecule has 1 atom stereocenters. The van der Waals surface area contributed by atoms with Crippen LogP contribution in [0.1, 0.15) is 31.7 Å². The van der Waals surface area contributed by atoms with E-state index < -0.39 is 16.1 Å². The van der Waals surface area contributed by atoms with E-state index in [4.69, 9.17) is 0 Å². The number of fused-ring (bicyclic) bond motifs is 1. The van der Waals surface area contributed by atoms with Gasteiger partial charge in [0, 0.05) is 5.56 Å². The fourth-order valence-corrected chi connectivity index (χ4v) is 3.74. The number of nitrogens with one attached hydrogen (secondary N) is 3. The van der Waals surface area contributed by atoms with Crippen LogP contribution in [0.15, 0.2) is 40.5 Å². The second-order valence-corrected chi connectivity index (χ2v) is 7.21. The van der Waals surface area contributed by atoms with Crippen LogP contribution in [-0.2, 0) is 14.8 Å². The van der Waals surface area contributed by atoms with Crippen molar-refractivity contribution >= 4 is 27.7 Å². The van der Waals surface area contributed by atoms with E-state index in [-0.39, 0.29) is 22.6 Å². The van der Waals surface area contributed by atoms with Gasteiger partial charge in [-0.1, -0.05) is 31.9 Å². The molecule has 2 aromatic rings. The fourth-order valence-electron chi connectivity index (χ4n) is 2.50. The van der Waals surface area contributed by atoms with Crippen molar-refractivity contribution < 1.29 is 13.2 Å². The smallest absolute Gasteiger partial charge is 0.263 e. The van der Waals surface area contributed by atoms with Crippen molar-refractivity contribution in [1.82, 2.24) is 19.9 Å². The Balaban J connectivity index is 1.89. The number of carbonyl (C=O) groups is 1. The van der Waals surface area contributed by atoms with E-state index in [1.807, 2.05) is 6.92 Å². The molecule has 0 aliphatic carbocycles. The predicted octanol–water partition coefficient (Wildman–Crippen LogP) is 1.04. The number of amides is 1. The number of carbonyl (C=O) groups excluding carboxylic acids is 1. The zero-order valence-electron chi connectivity index (χ0n) is 13.6. The fraction of sp³-hybridized carbons (Fsp3) is 0.333. The van der Waals surface area contributed by atoms with Crippen LogP contribution in [0.5, 0.6) is 0 Å². The van der Waals surface area contributed by atoms with E-state index in [0.717, 1.165) is 12.8 Å². The van der Waals surface area contributed by atoms with Crippen LogP contribution in [-0.4, -0.2) is 41.4 Å². The minimum absolute atomic E-state index is 0.165. The molecule has 0 spiro atoms. The highest BCUT2D eigenvalue weighted by Gasteiger charge is 2.31. The minimum Gasteiger partial charge on any atom is -0.293 e. The topological polar surface area (TPSA) is 129 Å². The lowest BCUT2D eigenvalue weighted by atomic mass is 10.1. The summed E-state index contributed by atoms with van der Waals surface area (Å²) < 4.78 is 26.8. The zero-order valence-corrected chi connectivity index (χ0v) is 14.4. The van der Waals surface area contributed by atoms with Gasteiger partial charge in [-0.15, -0.1) is 0 Å². The third-order valence-electron chi connectivity index (χ3n) is 3.74. The van der Waals surface area contributed by atoms with Gasteiger partial charge in [0.2, 0.25) is 5.95 Å². The van der Waals surface area contributed by atoms with Gasteiger partial charge in [0.25, 0.3) is 15.9 Å². The third-order valence-corrected chi connectivity index (χ3v) is 5.14. The molecule has 0 radical (unpaired) electrons. The monoisotopic (exact) mass is 362 g/mol. The predicted molar refractivity (Wildman–Crippen MR) is 91.6 cm³/mol. The molecule has 0 fully saturated rings. The van der Waals surface area contributed by atoms with Gasteiger partial charge in [-0.3, -0.25) is 19.8 Å². The molecule has 132 valence electrons. The average Bonchev–Trinajstić information content (AvgIpc) is 3.18. The number of H-pyrrole nitrogens is 1. The van der Waals surface area contributed by atoms with Gasteiger partial charge in [0.05, 0.1) is 4.90 Å². The average molecular weight is 362 g/mol. The van der Waals surface area contributed by atoms with Gasteiger partial charge >= 0.3 is 0 Å². The van der Waals surface area contributed by atoms with E-state index in [0.29, 0.717) is 12.0 Å². The number of nitrogens with zero attached hydrogens (tertiary/aromatic N) is 3. The normalized spacial score (nSPS) is 17.7. The Morgan fingerprint density at radius 2 is 2.16 bits per heavy atom. The van der Waals surface area contributed by atoms with Crippen LogP contribution in [0.25, 0.3) is 0 Å². The summed E-state index contributed by atoms with van der Waals surface area (Å²) in [6, 6.07) is 5.81. The SMILES string of the molecule is CCCCC(N=C1NS(=O)(=O)c2ccccc21)C(=O)Nc1ncn[nH]1. The van der Waals surface area contributed by atoms with E-state index in [9.17, 15) is 13.2 Å². The molecule has 10 heteroatoms. The molecule has 1 aliphatic heterocycles. The summed E-state index contributed by atoms with van der Waals surface area (Å²) >= 11 is 0. The summed E-state index contributed by atoms with van der Waals surface area (Å²) in [4.78, 5) is 20.9. The maximum atomic E-state index is 12.5. The van der Waals surface area contributed by atoms with Crippen molar-refractivity contribution in [3.63, 3.8) is 0 Å². The molecule has 0 saturated carbocycles. The zero-order chi connectivity index (χ0) is 17.9. The van der Waals surface area contributed by atoms with E-state index in [1.165, 1.54) is 12.4 Å². The molecule has 1 unspecified atom stereocenters. The van der Waals surface area contributed by atoms with Crippen molar-refractivity contribution in [3.05, 3.63) is 36.2 Å². The van der Waals surface area contributed by atoms with Gasteiger partial charge in [0.1, 0.15) is 18.2 Å². The number of unbranched alkanes of at least 4 members (excludes halogenated alkanes) is 1. The van der Waals surface area contributed by atoms with Crippen LogP contribution in [0.4, 0.5) is 5.95 Å². The second-order valence-electron chi connectivity index (χ2n) is 5.56. The summed E-state index contributed by atoms with van der Waals surface area (Å²) in [5.74, 6) is 0.0322. The molecular weight excluding hydrogens is 344 g/mol. The van der Waals surface area contributed by atoms with Gasteiger partial charge < -0.3 is 0 Å². The van der Waals surface area contributed by atoms with Crippen molar-refractivity contribution in [3.8, 4) is 0 Å². The largest absolute Gasteiger partial charge is 0.293 e. The highest BCUT2D eigenvalue weighted by atomic mass is 32.2. The van der Waals surface area contributed by atoms with Gasteiger partial charge in [-0.05, 0) is 18.6 Å². The molecule has 1 aliphatic rings. The lowest BCUT2D eigenvalue weighted by Crippen LogP contribution is -2.31. The number of sulfonamides is 1. The Bertz CT molecular complexity index is 892. The Labute approximate surface area is 145 Å². The summed E-state index contributed by atoms with van der Waals surface area (Å²) in [7, 11) is -3.64. The summed E-state index contributed by atoms with van der Waals surface area (Å²) in [6.07, 6.45) is 3.44. The standard InChI is InChI=1S/C15H18N6O3S/c1-2-3-7-11(14(22)19-15-16-9-17-20-15)18-13-10-6-4-5-8-12(10)25(23,24)21-13/h4-6,8-9,11H,2-3,7H2,1H3,(H,18,21)(H2,16,17,19,20,22). The van der Waals surface area contributed by atoms with Crippen LogP contribution >= 0.6 is 0 Å². The Morgan fingerprint density at radius 3 is 2.88 bits per heavy atom. The van der Waals surface area contributed by atoms with Crippen molar-refractivity contribution in [2.75, 3.05) is 5.32 Å². The molecule has 1 aromatic heterocycles. The van der Waals surface area contributed by atoms with E-state index in [1.54, 1.807) is 18.2 Å². The summed E-state index contributed by atoms with van der Waals surface area (Å²) in [6.45, 7) is 2.01. The first kappa shape index (κ1) is 17.1. The lowest BCUT2D eigenvalue weighted by molar-refractivity contribution is -0.117. The van der Waals surface area contributed by atoms with Crippen LogP contribution in [0.2, 0.25) is 0 Å². The van der Waals surface area contributed by atoms with Gasteiger partial charge in [-0.25, -0.2) is 13.5 Å². The van der Waals surface area contributed by atoms with Crippen LogP contribution < -0.4 is 10.0 Å². The number of rotatable bonds is 6. The maximum absolute atomic E-state index is 12.5. The number of aromatic amines is 1. The number of aliphatic imine (C=N–C) groups is 1. The maximum Gasteiger partial charge on any atom is 0.263 e. The first-order valence-electron chi connectivity index (χ1n) is 7.87. The molecule has 3 N–H and O–H groups in total. The van der Waals surface area contributed by atoms with Crippen molar-refractivity contribution in [1.29, 1.82) is 0 Å². The molecule has 0 saturated heterocycles. The van der Waals surface area contributed by atoms with E-state index >= 15 is 0 Å². The highest BCUT2D eigenvalue weighted by Crippen LogP contribution is 2.23. The molecule has 2 heterocycles. The lowest BCUT2D eigenvalue weighted by Gasteiger charge is -2.12. The van der Waals surface area contributed by atoms with Gasteiger partial charge in [0.15, 0.2) is 0 Å². The third kappa shape index (κ3) is 3.68. The molecule has 1 amide bonds. The molecule has 3 rings (SSSR count). The van der Waals surface area contributed by atoms with Crippen molar-refractivity contribution in [2.45, 2.75) is 37.1 Å². The quantitative estimate of drug-likeness (QED) is 0.707. The highest BCUT2D eigenvalue weighted by molar-refractivity contribution is 7.90. The summed E-state index contributed by atoms with van der Waals surface area (Å²) in [5, 5.41) is 8.82. The molecule has 9 nitrogen and oxygen atoms in total. The molecule has 1 aromatic carbocycles. The number of aromatic nitrogens is 3. The first-order chi connectivity index (χ1) is 12.0. The number of amidine groups is 1. The Hall–Kier alpha value is -2.75. The number of hydrogen-bond donors (Lipinski definition) is 3.